The zero-order valence-electron chi connectivity index (χ0n) is 7.13. The highest BCUT2D eigenvalue weighted by molar-refractivity contribution is 5.76. The van der Waals surface area contributed by atoms with Crippen molar-refractivity contribution in [1.82, 2.24) is 10.8 Å². The predicted octanol–water partition coefficient (Wildman–Crippen LogP) is -0.957. The van der Waals surface area contributed by atoms with Gasteiger partial charge in [0, 0.05) is 20.1 Å². The van der Waals surface area contributed by atoms with Crippen molar-refractivity contribution in [2.24, 2.45) is 0 Å². The fourth-order valence-corrected chi connectivity index (χ4v) is 0.965. The molecular weight excluding hydrogens is 160 g/mol. The summed E-state index contributed by atoms with van der Waals surface area (Å²) >= 11 is 0. The van der Waals surface area contributed by atoms with Crippen molar-refractivity contribution in [2.45, 2.75) is 12.5 Å². The second-order valence-corrected chi connectivity index (χ2v) is 2.67. The monoisotopic (exact) mass is 174 g/mol. The second-order valence-electron chi connectivity index (χ2n) is 2.67. The van der Waals surface area contributed by atoms with Crippen molar-refractivity contribution in [3.63, 3.8) is 0 Å². The number of hydrogen-bond donors (Lipinski definition) is 2. The van der Waals surface area contributed by atoms with E-state index in [1.807, 2.05) is 0 Å². The molecule has 1 aliphatic rings. The van der Waals surface area contributed by atoms with E-state index in [-0.39, 0.29) is 11.9 Å². The maximum absolute atomic E-state index is 11.1. The lowest BCUT2D eigenvalue weighted by molar-refractivity contribution is -0.122. The Morgan fingerprint density at radius 1 is 1.83 bits per heavy atom. The molecular formula is C7H14N2O3. The lowest BCUT2D eigenvalue weighted by Gasteiger charge is -2.08. The van der Waals surface area contributed by atoms with Crippen LogP contribution in [0.2, 0.25) is 0 Å². The first-order valence-corrected chi connectivity index (χ1v) is 3.96. The summed E-state index contributed by atoms with van der Waals surface area (Å²) in [5.41, 5.74) is 2.69. The highest BCUT2D eigenvalue weighted by Crippen LogP contribution is 1.92. The summed E-state index contributed by atoms with van der Waals surface area (Å²) in [5.74, 6) is 0.00847. The van der Waals surface area contributed by atoms with Crippen LogP contribution in [-0.4, -0.2) is 38.8 Å². The summed E-state index contributed by atoms with van der Waals surface area (Å²) in [6, 6.07) is 0.106. The molecule has 0 unspecified atom stereocenters. The smallest absolute Gasteiger partial charge is 0.222 e. The average molecular weight is 174 g/mol. The molecule has 1 saturated heterocycles. The van der Waals surface area contributed by atoms with Gasteiger partial charge in [-0.3, -0.25) is 9.63 Å². The third-order valence-electron chi connectivity index (χ3n) is 1.61. The molecule has 0 spiro atoms. The summed E-state index contributed by atoms with van der Waals surface area (Å²) in [6.07, 6.45) is 0.410. The van der Waals surface area contributed by atoms with Gasteiger partial charge in [-0.25, -0.2) is 5.48 Å². The van der Waals surface area contributed by atoms with Crippen LogP contribution < -0.4 is 10.8 Å². The molecule has 0 saturated carbocycles. The normalized spacial score (nSPS) is 22.6. The Morgan fingerprint density at radius 2 is 2.67 bits per heavy atom. The van der Waals surface area contributed by atoms with Crippen molar-refractivity contribution in [1.29, 1.82) is 0 Å². The fourth-order valence-electron chi connectivity index (χ4n) is 0.965. The van der Waals surface area contributed by atoms with Gasteiger partial charge in [-0.15, -0.1) is 0 Å². The largest absolute Gasteiger partial charge is 0.384 e. The van der Waals surface area contributed by atoms with Gasteiger partial charge in [-0.1, -0.05) is 0 Å². The summed E-state index contributed by atoms with van der Waals surface area (Å²) in [4.78, 5) is 15.9. The molecule has 70 valence electrons. The standard InChI is InChI=1S/C7H14N2O3/c1-11-3-2-7(10)9-6-4-8-12-5-6/h6,8H,2-5H2,1H3,(H,9,10)/t6-/m0/s1. The van der Waals surface area contributed by atoms with Gasteiger partial charge in [-0.2, -0.15) is 0 Å². The van der Waals surface area contributed by atoms with E-state index in [1.165, 1.54) is 0 Å². The summed E-state index contributed by atoms with van der Waals surface area (Å²) in [7, 11) is 1.58. The van der Waals surface area contributed by atoms with Crippen LogP contribution in [0.1, 0.15) is 6.42 Å². The van der Waals surface area contributed by atoms with Gasteiger partial charge < -0.3 is 10.1 Å². The topological polar surface area (TPSA) is 59.6 Å². The maximum Gasteiger partial charge on any atom is 0.222 e. The molecule has 12 heavy (non-hydrogen) atoms. The number of nitrogens with one attached hydrogen (secondary N) is 2. The minimum atomic E-state index is 0.00847. The molecule has 0 bridgehead atoms. The van der Waals surface area contributed by atoms with Crippen molar-refractivity contribution in [3.8, 4) is 0 Å². The molecule has 0 aromatic rings. The van der Waals surface area contributed by atoms with Crippen LogP contribution >= 0.6 is 0 Å². The van der Waals surface area contributed by atoms with Crippen LogP contribution in [0.25, 0.3) is 0 Å². The molecule has 1 rings (SSSR count). The quantitative estimate of drug-likeness (QED) is 0.576. The molecule has 0 aromatic heterocycles. The van der Waals surface area contributed by atoms with E-state index in [4.69, 9.17) is 9.57 Å². The van der Waals surface area contributed by atoms with Gasteiger partial charge in [0.1, 0.15) is 0 Å². The molecule has 2 N–H and O–H groups in total. The molecule has 5 nitrogen and oxygen atoms in total. The summed E-state index contributed by atoms with van der Waals surface area (Å²) < 4.78 is 4.77. The third kappa shape index (κ3) is 3.17. The van der Waals surface area contributed by atoms with Crippen molar-refractivity contribution >= 4 is 5.91 Å². The van der Waals surface area contributed by atoms with Crippen LogP contribution in [0.15, 0.2) is 0 Å². The minimum Gasteiger partial charge on any atom is -0.384 e. The molecule has 1 fully saturated rings. The molecule has 0 aliphatic carbocycles. The van der Waals surface area contributed by atoms with Crippen molar-refractivity contribution in [3.05, 3.63) is 0 Å². The number of hydrogen-bond acceptors (Lipinski definition) is 4. The van der Waals surface area contributed by atoms with Gasteiger partial charge in [0.05, 0.1) is 19.3 Å². The second kappa shape index (κ2) is 5.08. The van der Waals surface area contributed by atoms with E-state index >= 15 is 0 Å². The van der Waals surface area contributed by atoms with E-state index in [2.05, 4.69) is 10.8 Å². The Hall–Kier alpha value is -0.650. The Bertz CT molecular complexity index is 146. The molecule has 1 atom stereocenters. The number of carbonyl (C=O) groups excluding carboxylic acids is 1. The van der Waals surface area contributed by atoms with Gasteiger partial charge >= 0.3 is 0 Å². The highest BCUT2D eigenvalue weighted by Gasteiger charge is 2.16. The Kier molecular flexibility index (Phi) is 3.99. The SMILES string of the molecule is COCCC(=O)N[C@H]1CNOC1. The molecule has 1 amide bonds. The lowest BCUT2D eigenvalue weighted by Crippen LogP contribution is -2.38. The minimum absolute atomic E-state index is 0.00847. The van der Waals surface area contributed by atoms with E-state index in [9.17, 15) is 4.79 Å². The fraction of sp³-hybridized carbons (Fsp3) is 0.857. The van der Waals surface area contributed by atoms with E-state index in [1.54, 1.807) is 7.11 Å². The molecule has 1 aliphatic heterocycles. The molecule has 1 heterocycles. The van der Waals surface area contributed by atoms with Crippen LogP contribution in [0.3, 0.4) is 0 Å². The number of amides is 1. The first kappa shape index (κ1) is 9.44. The predicted molar refractivity (Wildman–Crippen MR) is 42.4 cm³/mol. The average Bonchev–Trinajstić information content (AvgIpc) is 2.53. The van der Waals surface area contributed by atoms with Crippen molar-refractivity contribution in [2.75, 3.05) is 26.9 Å². The van der Waals surface area contributed by atoms with Crippen LogP contribution in [0.4, 0.5) is 0 Å². The van der Waals surface area contributed by atoms with Crippen LogP contribution in [-0.2, 0) is 14.4 Å². The van der Waals surface area contributed by atoms with Gasteiger partial charge in [0.2, 0.25) is 5.91 Å². The number of carbonyl (C=O) groups is 1. The Balaban J connectivity index is 2.08. The first-order chi connectivity index (χ1) is 5.83. The number of methoxy groups -OCH3 is 1. The van der Waals surface area contributed by atoms with Gasteiger partial charge in [0.25, 0.3) is 0 Å². The summed E-state index contributed by atoms with van der Waals surface area (Å²) in [6.45, 7) is 1.68. The van der Waals surface area contributed by atoms with Crippen molar-refractivity contribution < 1.29 is 14.4 Å². The lowest BCUT2D eigenvalue weighted by atomic mass is 10.3. The molecule has 0 radical (unpaired) electrons. The molecule has 0 aromatic carbocycles. The van der Waals surface area contributed by atoms with Gasteiger partial charge in [-0.05, 0) is 0 Å². The zero-order chi connectivity index (χ0) is 8.81. The highest BCUT2D eigenvalue weighted by atomic mass is 16.7. The zero-order valence-corrected chi connectivity index (χ0v) is 7.13. The van der Waals surface area contributed by atoms with E-state index < -0.39 is 0 Å². The number of hydroxylamine groups is 1. The van der Waals surface area contributed by atoms with Crippen LogP contribution in [0.5, 0.6) is 0 Å². The maximum atomic E-state index is 11.1. The number of rotatable bonds is 4. The van der Waals surface area contributed by atoms with E-state index in [0.29, 0.717) is 26.2 Å². The molecule has 5 heteroatoms. The van der Waals surface area contributed by atoms with Crippen LogP contribution in [0, 0.1) is 0 Å². The number of ether oxygens (including phenoxy) is 1. The first-order valence-electron chi connectivity index (χ1n) is 3.96. The van der Waals surface area contributed by atoms with Gasteiger partial charge in [0.15, 0.2) is 0 Å². The Labute approximate surface area is 71.4 Å². The Morgan fingerprint density at radius 3 is 3.25 bits per heavy atom. The van der Waals surface area contributed by atoms with E-state index in [0.717, 1.165) is 0 Å². The third-order valence-corrected chi connectivity index (χ3v) is 1.61. The summed E-state index contributed by atoms with van der Waals surface area (Å²) in [5, 5.41) is 2.81.